The lowest BCUT2D eigenvalue weighted by Gasteiger charge is -2.25. The van der Waals surface area contributed by atoms with Gasteiger partial charge in [-0.1, -0.05) is 74.5 Å². The molecule has 0 aliphatic carbocycles. The van der Waals surface area contributed by atoms with Gasteiger partial charge in [-0.2, -0.15) is 0 Å². The van der Waals surface area contributed by atoms with Gasteiger partial charge in [0, 0.05) is 11.1 Å². The molecule has 0 aliphatic heterocycles. The summed E-state index contributed by atoms with van der Waals surface area (Å²) in [5.74, 6) is -1.42. The molecule has 136 valence electrons. The van der Waals surface area contributed by atoms with Crippen LogP contribution in [0.3, 0.4) is 0 Å². The minimum atomic E-state index is -1.17. The molecule has 1 N–H and O–H groups in total. The third-order valence-electron chi connectivity index (χ3n) is 4.11. The SMILES string of the molecule is COC(=O)[C@H](NC(C(=O)c1ccccc1)C(=O)c1ccccc1)C(C)C. The molecule has 5 heteroatoms. The van der Waals surface area contributed by atoms with Crippen molar-refractivity contribution in [2.75, 3.05) is 7.11 Å². The van der Waals surface area contributed by atoms with Crippen LogP contribution in [0.25, 0.3) is 0 Å². The standard InChI is InChI=1S/C21H23NO4/c1-14(2)17(21(25)26-3)22-18(19(23)15-10-6-4-7-11-15)20(24)16-12-8-5-9-13-16/h4-14,17-18,22H,1-3H3/t17-/m1/s1. The van der Waals surface area contributed by atoms with Gasteiger partial charge in [-0.25, -0.2) is 0 Å². The highest BCUT2D eigenvalue weighted by molar-refractivity contribution is 6.19. The minimum Gasteiger partial charge on any atom is -0.468 e. The van der Waals surface area contributed by atoms with E-state index in [2.05, 4.69) is 5.32 Å². The van der Waals surface area contributed by atoms with Gasteiger partial charge in [0.05, 0.1) is 7.11 Å². The number of rotatable bonds is 8. The summed E-state index contributed by atoms with van der Waals surface area (Å²) in [6.45, 7) is 3.65. The molecule has 5 nitrogen and oxygen atoms in total. The first-order valence-corrected chi connectivity index (χ1v) is 8.48. The molecule has 0 aliphatic rings. The number of nitrogens with one attached hydrogen (secondary N) is 1. The van der Waals surface area contributed by atoms with E-state index in [-0.39, 0.29) is 17.5 Å². The lowest BCUT2D eigenvalue weighted by atomic mass is 9.94. The van der Waals surface area contributed by atoms with Crippen LogP contribution >= 0.6 is 0 Å². The summed E-state index contributed by atoms with van der Waals surface area (Å²) in [5, 5.41) is 2.93. The second-order valence-electron chi connectivity index (χ2n) is 6.31. The Labute approximate surface area is 153 Å². The van der Waals surface area contributed by atoms with E-state index < -0.39 is 18.1 Å². The number of hydrogen-bond donors (Lipinski definition) is 1. The van der Waals surface area contributed by atoms with Gasteiger partial charge in [-0.15, -0.1) is 0 Å². The summed E-state index contributed by atoms with van der Waals surface area (Å²) in [7, 11) is 1.28. The fourth-order valence-electron chi connectivity index (χ4n) is 2.65. The van der Waals surface area contributed by atoms with E-state index in [0.717, 1.165) is 0 Å². The average molecular weight is 353 g/mol. The molecule has 0 bridgehead atoms. The Balaban J connectivity index is 2.39. The van der Waals surface area contributed by atoms with E-state index in [0.29, 0.717) is 11.1 Å². The maximum absolute atomic E-state index is 13.0. The molecule has 0 radical (unpaired) electrons. The number of carbonyl (C=O) groups is 3. The van der Waals surface area contributed by atoms with E-state index in [9.17, 15) is 14.4 Å². The van der Waals surface area contributed by atoms with Crippen molar-refractivity contribution < 1.29 is 19.1 Å². The van der Waals surface area contributed by atoms with Crippen LogP contribution in [0, 0.1) is 5.92 Å². The van der Waals surface area contributed by atoms with Crippen molar-refractivity contribution in [3.05, 3.63) is 71.8 Å². The predicted octanol–water partition coefficient (Wildman–Crippen LogP) is 2.91. The van der Waals surface area contributed by atoms with Gasteiger partial charge < -0.3 is 4.74 Å². The monoisotopic (exact) mass is 353 g/mol. The Morgan fingerprint density at radius 2 is 1.23 bits per heavy atom. The number of ketones is 2. The third kappa shape index (κ3) is 4.64. The predicted molar refractivity (Wildman–Crippen MR) is 99.1 cm³/mol. The maximum atomic E-state index is 13.0. The van der Waals surface area contributed by atoms with Crippen LogP contribution in [0.1, 0.15) is 34.6 Å². The molecule has 0 heterocycles. The Morgan fingerprint density at radius 1 is 0.808 bits per heavy atom. The van der Waals surface area contributed by atoms with Crippen molar-refractivity contribution in [2.45, 2.75) is 25.9 Å². The molecule has 2 aromatic rings. The van der Waals surface area contributed by atoms with Crippen molar-refractivity contribution in [1.82, 2.24) is 5.32 Å². The minimum absolute atomic E-state index is 0.155. The fourth-order valence-corrected chi connectivity index (χ4v) is 2.65. The van der Waals surface area contributed by atoms with Crippen molar-refractivity contribution in [3.63, 3.8) is 0 Å². The van der Waals surface area contributed by atoms with Crippen molar-refractivity contribution >= 4 is 17.5 Å². The van der Waals surface area contributed by atoms with Crippen LogP contribution in [0.15, 0.2) is 60.7 Å². The van der Waals surface area contributed by atoms with Gasteiger partial charge in [0.1, 0.15) is 12.1 Å². The molecule has 0 saturated heterocycles. The Bertz CT molecular complexity index is 705. The van der Waals surface area contributed by atoms with E-state index in [1.807, 2.05) is 13.8 Å². The number of methoxy groups -OCH3 is 1. The molecular formula is C21H23NO4. The molecule has 2 aromatic carbocycles. The zero-order valence-electron chi connectivity index (χ0n) is 15.1. The first kappa shape index (κ1) is 19.5. The molecule has 0 fully saturated rings. The van der Waals surface area contributed by atoms with Gasteiger partial charge in [-0.05, 0) is 5.92 Å². The second kappa shape index (κ2) is 9.06. The van der Waals surface area contributed by atoms with E-state index in [1.165, 1.54) is 7.11 Å². The van der Waals surface area contributed by atoms with Gasteiger partial charge in [-0.3, -0.25) is 19.7 Å². The van der Waals surface area contributed by atoms with Crippen LogP contribution in [0.4, 0.5) is 0 Å². The first-order chi connectivity index (χ1) is 12.5. The van der Waals surface area contributed by atoms with Crippen LogP contribution in [-0.2, 0) is 9.53 Å². The van der Waals surface area contributed by atoms with Crippen LogP contribution in [0.2, 0.25) is 0 Å². The number of Topliss-reactive ketones (excluding diaryl/α,β-unsaturated/α-hetero) is 2. The van der Waals surface area contributed by atoms with Gasteiger partial charge >= 0.3 is 5.97 Å². The van der Waals surface area contributed by atoms with E-state index in [1.54, 1.807) is 60.7 Å². The van der Waals surface area contributed by atoms with Gasteiger partial charge in [0.15, 0.2) is 11.6 Å². The molecule has 0 spiro atoms. The average Bonchev–Trinajstić information content (AvgIpc) is 2.68. The number of carbonyl (C=O) groups excluding carboxylic acids is 3. The zero-order valence-corrected chi connectivity index (χ0v) is 15.1. The number of ether oxygens (including phenoxy) is 1. The third-order valence-corrected chi connectivity index (χ3v) is 4.11. The quantitative estimate of drug-likeness (QED) is 0.449. The number of esters is 1. The summed E-state index contributed by atoms with van der Waals surface area (Å²) in [6, 6.07) is 15.2. The summed E-state index contributed by atoms with van der Waals surface area (Å²) in [4.78, 5) is 38.1. The lowest BCUT2D eigenvalue weighted by molar-refractivity contribution is -0.144. The Kier molecular flexibility index (Phi) is 6.81. The maximum Gasteiger partial charge on any atom is 0.323 e. The number of hydrogen-bond acceptors (Lipinski definition) is 5. The molecule has 0 amide bonds. The summed E-state index contributed by atoms with van der Waals surface area (Å²) >= 11 is 0. The van der Waals surface area contributed by atoms with Crippen molar-refractivity contribution in [3.8, 4) is 0 Å². The van der Waals surface area contributed by atoms with Crippen LogP contribution in [-0.4, -0.2) is 36.7 Å². The Hall–Kier alpha value is -2.79. The smallest absolute Gasteiger partial charge is 0.323 e. The summed E-state index contributed by atoms with van der Waals surface area (Å²) in [6.07, 6.45) is 0. The summed E-state index contributed by atoms with van der Waals surface area (Å²) < 4.78 is 4.82. The molecule has 0 unspecified atom stereocenters. The largest absolute Gasteiger partial charge is 0.468 e. The summed E-state index contributed by atoms with van der Waals surface area (Å²) in [5.41, 5.74) is 0.809. The highest BCUT2D eigenvalue weighted by Crippen LogP contribution is 2.13. The fraction of sp³-hybridized carbons (Fsp3) is 0.286. The van der Waals surface area contributed by atoms with E-state index >= 15 is 0 Å². The highest BCUT2D eigenvalue weighted by Gasteiger charge is 2.34. The van der Waals surface area contributed by atoms with Crippen molar-refractivity contribution in [1.29, 1.82) is 0 Å². The molecule has 1 atom stereocenters. The second-order valence-corrected chi connectivity index (χ2v) is 6.31. The Morgan fingerprint density at radius 3 is 1.58 bits per heavy atom. The molecular weight excluding hydrogens is 330 g/mol. The number of benzene rings is 2. The van der Waals surface area contributed by atoms with E-state index in [4.69, 9.17) is 4.74 Å². The lowest BCUT2D eigenvalue weighted by Crippen LogP contribution is -2.53. The molecule has 0 saturated carbocycles. The topological polar surface area (TPSA) is 72.5 Å². The van der Waals surface area contributed by atoms with Gasteiger partial charge in [0.2, 0.25) is 0 Å². The molecule has 2 rings (SSSR count). The zero-order chi connectivity index (χ0) is 19.1. The highest BCUT2D eigenvalue weighted by atomic mass is 16.5. The van der Waals surface area contributed by atoms with Crippen LogP contribution < -0.4 is 5.32 Å². The first-order valence-electron chi connectivity index (χ1n) is 8.48. The van der Waals surface area contributed by atoms with Crippen molar-refractivity contribution in [2.24, 2.45) is 5.92 Å². The van der Waals surface area contributed by atoms with Crippen LogP contribution in [0.5, 0.6) is 0 Å². The molecule has 26 heavy (non-hydrogen) atoms. The normalized spacial score (nSPS) is 12.0. The van der Waals surface area contributed by atoms with Gasteiger partial charge in [0.25, 0.3) is 0 Å². The molecule has 0 aromatic heterocycles.